The molecular formula is C28H26ClN3O2. The Morgan fingerprint density at radius 3 is 2.53 bits per heavy atom. The van der Waals surface area contributed by atoms with Crippen LogP contribution in [-0.4, -0.2) is 24.0 Å². The monoisotopic (exact) mass is 471 g/mol. The molecule has 3 aromatic carbocycles. The highest BCUT2D eigenvalue weighted by Gasteiger charge is 2.29. The summed E-state index contributed by atoms with van der Waals surface area (Å²) in [4.78, 5) is 31.5. The van der Waals surface area contributed by atoms with E-state index in [1.807, 2.05) is 72.8 Å². The number of aromatic nitrogens is 1. The Bertz CT molecular complexity index is 1370. The number of hydrogen-bond donors (Lipinski definition) is 2. The van der Waals surface area contributed by atoms with Crippen LogP contribution < -0.4 is 15.8 Å². The van der Waals surface area contributed by atoms with Crippen molar-refractivity contribution in [3.8, 4) is 11.1 Å². The first-order valence-corrected chi connectivity index (χ1v) is 12.0. The molecule has 1 saturated heterocycles. The van der Waals surface area contributed by atoms with Gasteiger partial charge in [-0.3, -0.25) is 9.59 Å². The maximum atomic E-state index is 13.4. The fraction of sp³-hybridized carbons (Fsp3) is 0.214. The van der Waals surface area contributed by atoms with Crippen LogP contribution in [0.1, 0.15) is 18.4 Å². The van der Waals surface area contributed by atoms with E-state index in [1.54, 1.807) is 6.07 Å². The zero-order chi connectivity index (χ0) is 23.5. The molecule has 4 aromatic rings. The highest BCUT2D eigenvalue weighted by Crippen LogP contribution is 2.37. The number of hydrogen-bond acceptors (Lipinski definition) is 3. The number of fused-ring (bicyclic) bond motifs is 1. The third kappa shape index (κ3) is 4.57. The van der Waals surface area contributed by atoms with Crippen molar-refractivity contribution in [3.05, 3.63) is 99.8 Å². The molecule has 0 bridgehead atoms. The molecule has 0 saturated carbocycles. The van der Waals surface area contributed by atoms with E-state index in [4.69, 9.17) is 11.6 Å². The first kappa shape index (κ1) is 22.2. The Labute approximate surface area is 203 Å². The van der Waals surface area contributed by atoms with E-state index in [0.717, 1.165) is 47.0 Å². The van der Waals surface area contributed by atoms with Crippen molar-refractivity contribution >= 4 is 34.1 Å². The van der Waals surface area contributed by atoms with Crippen molar-refractivity contribution < 1.29 is 4.79 Å². The second-order valence-electron chi connectivity index (χ2n) is 8.72. The second kappa shape index (κ2) is 9.74. The van der Waals surface area contributed by atoms with Gasteiger partial charge >= 0.3 is 0 Å². The molecule has 2 N–H and O–H groups in total. The fourth-order valence-corrected chi connectivity index (χ4v) is 4.95. The summed E-state index contributed by atoms with van der Waals surface area (Å²) in [5.74, 6) is -0.161. The van der Waals surface area contributed by atoms with Gasteiger partial charge in [0.05, 0.1) is 5.92 Å². The standard InChI is InChI=1S/C28H26ClN3O2/c29-22-13-14-24-23(16-22)25(20-10-5-2-6-11-20)26(28(34)31-24)32-15-7-12-21(18-32)27(33)30-17-19-8-3-1-4-9-19/h1-6,8-11,13-14,16,21H,7,12,15,17-18H2,(H,30,33)(H,31,34)/t21-/m1/s1. The predicted octanol–water partition coefficient (Wildman–Crippen LogP) is 5.38. The number of benzene rings is 3. The van der Waals surface area contributed by atoms with Crippen LogP contribution in [-0.2, 0) is 11.3 Å². The molecule has 5 nitrogen and oxygen atoms in total. The second-order valence-corrected chi connectivity index (χ2v) is 9.16. The largest absolute Gasteiger partial charge is 0.366 e. The minimum Gasteiger partial charge on any atom is -0.366 e. The van der Waals surface area contributed by atoms with Crippen molar-refractivity contribution in [1.82, 2.24) is 10.3 Å². The zero-order valence-electron chi connectivity index (χ0n) is 18.8. The van der Waals surface area contributed by atoms with Crippen LogP contribution in [0.4, 0.5) is 5.69 Å². The van der Waals surface area contributed by atoms with E-state index in [9.17, 15) is 9.59 Å². The van der Waals surface area contributed by atoms with Gasteiger partial charge in [0.15, 0.2) is 0 Å². The number of nitrogens with one attached hydrogen (secondary N) is 2. The van der Waals surface area contributed by atoms with Gasteiger partial charge in [0.25, 0.3) is 5.56 Å². The molecule has 1 aliphatic heterocycles. The number of H-pyrrole nitrogens is 1. The molecule has 1 aromatic heterocycles. The van der Waals surface area contributed by atoms with Gasteiger partial charge < -0.3 is 15.2 Å². The number of amides is 1. The molecule has 0 unspecified atom stereocenters. The van der Waals surface area contributed by atoms with E-state index in [-0.39, 0.29) is 17.4 Å². The average Bonchev–Trinajstić information content (AvgIpc) is 2.88. The first-order valence-electron chi connectivity index (χ1n) is 11.6. The summed E-state index contributed by atoms with van der Waals surface area (Å²) in [6, 6.07) is 25.3. The van der Waals surface area contributed by atoms with Crippen molar-refractivity contribution in [2.45, 2.75) is 19.4 Å². The molecule has 1 fully saturated rings. The van der Waals surface area contributed by atoms with Gasteiger partial charge in [-0.1, -0.05) is 72.3 Å². The Hall–Kier alpha value is -3.57. The van der Waals surface area contributed by atoms with Crippen LogP contribution in [0.15, 0.2) is 83.7 Å². The minimum absolute atomic E-state index is 0.0232. The minimum atomic E-state index is -0.185. The first-order chi connectivity index (χ1) is 16.6. The number of aromatic amines is 1. The van der Waals surface area contributed by atoms with Crippen molar-refractivity contribution in [2.75, 3.05) is 18.0 Å². The fourth-order valence-electron chi connectivity index (χ4n) is 4.78. The molecule has 2 heterocycles. The van der Waals surface area contributed by atoms with Crippen LogP contribution in [0.25, 0.3) is 22.0 Å². The lowest BCUT2D eigenvalue weighted by Gasteiger charge is -2.34. The quantitative estimate of drug-likeness (QED) is 0.410. The van der Waals surface area contributed by atoms with Gasteiger partial charge in [-0.15, -0.1) is 0 Å². The summed E-state index contributed by atoms with van der Waals surface area (Å²) in [5, 5.41) is 4.57. The molecule has 34 heavy (non-hydrogen) atoms. The van der Waals surface area contributed by atoms with Gasteiger partial charge in [-0.2, -0.15) is 0 Å². The maximum absolute atomic E-state index is 13.4. The van der Waals surface area contributed by atoms with E-state index >= 15 is 0 Å². The van der Waals surface area contributed by atoms with E-state index in [2.05, 4.69) is 15.2 Å². The summed E-state index contributed by atoms with van der Waals surface area (Å²) in [5.41, 5.74) is 4.06. The average molecular weight is 472 g/mol. The van der Waals surface area contributed by atoms with Gasteiger partial charge in [0, 0.05) is 41.1 Å². The van der Waals surface area contributed by atoms with E-state index in [0.29, 0.717) is 23.8 Å². The number of anilines is 1. The highest BCUT2D eigenvalue weighted by molar-refractivity contribution is 6.31. The van der Waals surface area contributed by atoms with Gasteiger partial charge in [0.2, 0.25) is 5.91 Å². The van der Waals surface area contributed by atoms with Crippen LogP contribution in [0.3, 0.4) is 0 Å². The van der Waals surface area contributed by atoms with Crippen molar-refractivity contribution in [3.63, 3.8) is 0 Å². The lowest BCUT2D eigenvalue weighted by atomic mass is 9.94. The van der Waals surface area contributed by atoms with E-state index < -0.39 is 0 Å². The Morgan fingerprint density at radius 2 is 1.76 bits per heavy atom. The Kier molecular flexibility index (Phi) is 6.37. The number of piperidine rings is 1. The van der Waals surface area contributed by atoms with Crippen LogP contribution >= 0.6 is 11.6 Å². The maximum Gasteiger partial charge on any atom is 0.272 e. The summed E-state index contributed by atoms with van der Waals surface area (Å²) >= 11 is 6.35. The number of nitrogens with zero attached hydrogens (tertiary/aromatic N) is 1. The molecule has 172 valence electrons. The number of carbonyl (C=O) groups excluding carboxylic acids is 1. The zero-order valence-corrected chi connectivity index (χ0v) is 19.5. The lowest BCUT2D eigenvalue weighted by Crippen LogP contribution is -2.44. The Balaban J connectivity index is 1.49. The van der Waals surface area contributed by atoms with Gasteiger partial charge in [-0.25, -0.2) is 0 Å². The van der Waals surface area contributed by atoms with Crippen LogP contribution in [0, 0.1) is 5.92 Å². The SMILES string of the molecule is O=C(NCc1ccccc1)[C@@H]1CCCN(c2c(-c3ccccc3)c3cc(Cl)ccc3[nH]c2=O)C1. The summed E-state index contributed by atoms with van der Waals surface area (Å²) in [6.07, 6.45) is 1.64. The molecular weight excluding hydrogens is 446 g/mol. The highest BCUT2D eigenvalue weighted by atomic mass is 35.5. The summed E-state index contributed by atoms with van der Waals surface area (Å²) in [6.45, 7) is 1.72. The number of halogens is 1. The number of pyridine rings is 1. The third-order valence-corrected chi connectivity index (χ3v) is 6.67. The number of rotatable bonds is 5. The molecule has 6 heteroatoms. The molecule has 5 rings (SSSR count). The van der Waals surface area contributed by atoms with Crippen molar-refractivity contribution in [1.29, 1.82) is 0 Å². The molecule has 0 aliphatic carbocycles. The number of carbonyl (C=O) groups is 1. The normalized spacial score (nSPS) is 15.9. The molecule has 0 radical (unpaired) electrons. The van der Waals surface area contributed by atoms with Gasteiger partial charge in [0.1, 0.15) is 5.69 Å². The third-order valence-electron chi connectivity index (χ3n) is 6.43. The molecule has 1 atom stereocenters. The smallest absolute Gasteiger partial charge is 0.272 e. The summed E-state index contributed by atoms with van der Waals surface area (Å²) in [7, 11) is 0. The van der Waals surface area contributed by atoms with Crippen LogP contribution in [0.5, 0.6) is 0 Å². The summed E-state index contributed by atoms with van der Waals surface area (Å²) < 4.78 is 0. The van der Waals surface area contributed by atoms with Gasteiger partial charge in [-0.05, 0) is 42.2 Å². The topological polar surface area (TPSA) is 65.2 Å². The lowest BCUT2D eigenvalue weighted by molar-refractivity contribution is -0.125. The van der Waals surface area contributed by atoms with Crippen molar-refractivity contribution in [2.24, 2.45) is 5.92 Å². The predicted molar refractivity (Wildman–Crippen MR) is 138 cm³/mol. The molecule has 1 amide bonds. The molecule has 0 spiro atoms. The van der Waals surface area contributed by atoms with E-state index in [1.165, 1.54) is 0 Å². The van der Waals surface area contributed by atoms with Crippen LogP contribution in [0.2, 0.25) is 5.02 Å². The Morgan fingerprint density at radius 1 is 1.03 bits per heavy atom. The molecule has 1 aliphatic rings.